The summed E-state index contributed by atoms with van der Waals surface area (Å²) in [5, 5.41) is 13.3. The van der Waals surface area contributed by atoms with Gasteiger partial charge in [-0.25, -0.2) is 9.78 Å². The Morgan fingerprint density at radius 3 is 2.53 bits per heavy atom. The zero-order chi connectivity index (χ0) is 26.3. The number of hydrogen-bond donors (Lipinski definition) is 2. The molecule has 0 unspecified atom stereocenters. The number of benzene rings is 2. The molecule has 36 heavy (non-hydrogen) atoms. The molecule has 0 saturated heterocycles. The van der Waals surface area contributed by atoms with Crippen LogP contribution in [0.4, 0.5) is 0 Å². The first-order valence-electron chi connectivity index (χ1n) is 11.8. The molecule has 2 aromatic carbocycles. The van der Waals surface area contributed by atoms with E-state index in [2.05, 4.69) is 31.1 Å². The van der Waals surface area contributed by atoms with Gasteiger partial charge in [0.05, 0.1) is 23.1 Å². The Morgan fingerprint density at radius 1 is 1.14 bits per heavy atom. The van der Waals surface area contributed by atoms with Crippen LogP contribution in [-0.4, -0.2) is 40.0 Å². The van der Waals surface area contributed by atoms with Crippen molar-refractivity contribution in [1.82, 2.24) is 10.3 Å². The first-order chi connectivity index (χ1) is 17.1. The third-order valence-electron chi connectivity index (χ3n) is 5.69. The number of carbonyl (C=O) groups is 2. The predicted molar refractivity (Wildman–Crippen MR) is 148 cm³/mol. The topological polar surface area (TPSA) is 88.5 Å². The largest absolute Gasteiger partial charge is 0.480 e. The van der Waals surface area contributed by atoms with Gasteiger partial charge in [-0.2, -0.15) is 11.8 Å². The van der Waals surface area contributed by atoms with E-state index in [1.165, 1.54) is 0 Å². The van der Waals surface area contributed by atoms with Gasteiger partial charge >= 0.3 is 5.97 Å². The van der Waals surface area contributed by atoms with Gasteiger partial charge in [-0.3, -0.25) is 4.79 Å². The number of aliphatic carboxylic acids is 1. The summed E-state index contributed by atoms with van der Waals surface area (Å²) < 4.78 is 5.98. The lowest BCUT2D eigenvalue weighted by Crippen LogP contribution is -2.41. The van der Waals surface area contributed by atoms with Crippen molar-refractivity contribution in [3.05, 3.63) is 75.2 Å². The van der Waals surface area contributed by atoms with E-state index in [0.717, 1.165) is 32.1 Å². The summed E-state index contributed by atoms with van der Waals surface area (Å²) >= 11 is 3.21. The number of thiazole rings is 1. The van der Waals surface area contributed by atoms with Crippen LogP contribution < -0.4 is 5.32 Å². The number of aryl methyl sites for hydroxylation is 1. The van der Waals surface area contributed by atoms with Gasteiger partial charge in [-0.05, 0) is 59.7 Å². The summed E-state index contributed by atoms with van der Waals surface area (Å²) in [6.07, 6.45) is 4.14. The standard InChI is InChI=1S/C28H34N2O4S2/c1-18-8-6-7-9-21(18)23-14-19(16-34-17-20-15-29-27(36-20)28(2,3)4)10-11-22(23)25(31)30-24(26(32)33)12-13-35-5/h6-11,14-15,24H,12-13,16-17H2,1-5H3,(H,30,31)(H,32,33)/t24-/m0/s1. The zero-order valence-electron chi connectivity index (χ0n) is 21.5. The second kappa shape index (κ2) is 12.5. The highest BCUT2D eigenvalue weighted by Crippen LogP contribution is 2.30. The summed E-state index contributed by atoms with van der Waals surface area (Å²) in [7, 11) is 0. The van der Waals surface area contributed by atoms with Crippen LogP contribution in [-0.2, 0) is 28.2 Å². The minimum absolute atomic E-state index is 0.0107. The van der Waals surface area contributed by atoms with Crippen molar-refractivity contribution in [2.75, 3.05) is 12.0 Å². The average Bonchev–Trinajstić information content (AvgIpc) is 3.31. The molecule has 8 heteroatoms. The molecule has 1 heterocycles. The van der Waals surface area contributed by atoms with E-state index in [9.17, 15) is 14.7 Å². The number of rotatable bonds is 11. The molecule has 0 bridgehead atoms. The molecule has 0 saturated carbocycles. The van der Waals surface area contributed by atoms with Crippen LogP contribution in [0.5, 0.6) is 0 Å². The molecule has 3 aromatic rings. The van der Waals surface area contributed by atoms with E-state index in [1.807, 2.05) is 55.8 Å². The minimum atomic E-state index is -1.03. The van der Waals surface area contributed by atoms with Crippen LogP contribution in [0.25, 0.3) is 11.1 Å². The normalized spacial score (nSPS) is 12.4. The van der Waals surface area contributed by atoms with E-state index >= 15 is 0 Å². The number of carbonyl (C=O) groups excluding carboxylic acids is 1. The molecule has 0 aliphatic heterocycles. The lowest BCUT2D eigenvalue weighted by atomic mass is 9.93. The number of amides is 1. The van der Waals surface area contributed by atoms with Crippen molar-refractivity contribution < 1.29 is 19.4 Å². The zero-order valence-corrected chi connectivity index (χ0v) is 23.1. The summed E-state index contributed by atoms with van der Waals surface area (Å²) in [6, 6.07) is 12.5. The maximum absolute atomic E-state index is 13.2. The number of carboxylic acid groups (broad SMARTS) is 1. The third-order valence-corrected chi connectivity index (χ3v) is 7.73. The fourth-order valence-electron chi connectivity index (χ4n) is 3.70. The number of carboxylic acids is 1. The second-order valence-corrected chi connectivity index (χ2v) is 11.8. The van der Waals surface area contributed by atoms with E-state index < -0.39 is 17.9 Å². The van der Waals surface area contributed by atoms with Gasteiger partial charge in [0.15, 0.2) is 0 Å². The molecule has 0 aliphatic carbocycles. The molecule has 192 valence electrons. The predicted octanol–water partition coefficient (Wildman–Crippen LogP) is 6.07. The molecule has 1 aromatic heterocycles. The molecule has 1 atom stereocenters. The van der Waals surface area contributed by atoms with Crippen LogP contribution in [0, 0.1) is 6.92 Å². The summed E-state index contributed by atoms with van der Waals surface area (Å²) in [5.74, 6) is -0.777. The van der Waals surface area contributed by atoms with E-state index in [1.54, 1.807) is 29.2 Å². The van der Waals surface area contributed by atoms with Crippen molar-refractivity contribution in [2.45, 2.75) is 58.8 Å². The Bertz CT molecular complexity index is 1200. The SMILES string of the molecule is CSCC[C@H](NC(=O)c1ccc(COCc2cnc(C(C)(C)C)s2)cc1-c1ccccc1C)C(=O)O. The van der Waals surface area contributed by atoms with E-state index in [0.29, 0.717) is 31.0 Å². The first-order valence-corrected chi connectivity index (χ1v) is 14.1. The van der Waals surface area contributed by atoms with Gasteiger partial charge < -0.3 is 15.2 Å². The number of ether oxygens (including phenoxy) is 1. The minimum Gasteiger partial charge on any atom is -0.480 e. The van der Waals surface area contributed by atoms with Crippen molar-refractivity contribution in [1.29, 1.82) is 0 Å². The fourth-order valence-corrected chi connectivity index (χ4v) is 5.08. The lowest BCUT2D eigenvalue weighted by molar-refractivity contribution is -0.139. The Kier molecular flexibility index (Phi) is 9.70. The highest BCUT2D eigenvalue weighted by atomic mass is 32.2. The summed E-state index contributed by atoms with van der Waals surface area (Å²) in [4.78, 5) is 30.5. The van der Waals surface area contributed by atoms with Crippen LogP contribution in [0.15, 0.2) is 48.7 Å². The average molecular weight is 527 g/mol. The highest BCUT2D eigenvalue weighted by molar-refractivity contribution is 7.98. The molecule has 6 nitrogen and oxygen atoms in total. The van der Waals surface area contributed by atoms with Crippen LogP contribution in [0.3, 0.4) is 0 Å². The van der Waals surface area contributed by atoms with Crippen LogP contribution in [0.2, 0.25) is 0 Å². The smallest absolute Gasteiger partial charge is 0.326 e. The van der Waals surface area contributed by atoms with Gasteiger partial charge in [0.25, 0.3) is 5.91 Å². The summed E-state index contributed by atoms with van der Waals surface area (Å²) in [5.41, 5.74) is 4.10. The van der Waals surface area contributed by atoms with Crippen LogP contribution >= 0.6 is 23.1 Å². The van der Waals surface area contributed by atoms with Gasteiger partial charge in [-0.1, -0.05) is 51.1 Å². The van der Waals surface area contributed by atoms with Crippen molar-refractivity contribution in [2.24, 2.45) is 0 Å². The number of nitrogens with one attached hydrogen (secondary N) is 1. The molecular formula is C28H34N2O4S2. The Morgan fingerprint density at radius 2 is 1.89 bits per heavy atom. The van der Waals surface area contributed by atoms with E-state index in [-0.39, 0.29) is 5.41 Å². The number of aromatic nitrogens is 1. The van der Waals surface area contributed by atoms with Crippen LogP contribution in [0.1, 0.15) is 58.6 Å². The number of nitrogens with zero attached hydrogens (tertiary/aromatic N) is 1. The number of hydrogen-bond acceptors (Lipinski definition) is 6. The van der Waals surface area contributed by atoms with Gasteiger partial charge in [0, 0.05) is 17.2 Å². The van der Waals surface area contributed by atoms with Crippen molar-refractivity contribution in [3.63, 3.8) is 0 Å². The number of thioether (sulfide) groups is 1. The first kappa shape index (κ1) is 27.9. The molecule has 0 radical (unpaired) electrons. The molecule has 0 spiro atoms. The second-order valence-electron chi connectivity index (χ2n) is 9.72. The molecule has 0 aliphatic rings. The molecule has 2 N–H and O–H groups in total. The quantitative estimate of drug-likeness (QED) is 0.315. The molecule has 1 amide bonds. The van der Waals surface area contributed by atoms with Crippen molar-refractivity contribution >= 4 is 35.0 Å². The molecular weight excluding hydrogens is 492 g/mol. The third kappa shape index (κ3) is 7.41. The maximum atomic E-state index is 13.2. The monoisotopic (exact) mass is 526 g/mol. The van der Waals surface area contributed by atoms with Gasteiger partial charge in [0.1, 0.15) is 6.04 Å². The Balaban J connectivity index is 1.82. The molecule has 0 fully saturated rings. The highest BCUT2D eigenvalue weighted by Gasteiger charge is 2.23. The Labute approximate surface area is 221 Å². The van der Waals surface area contributed by atoms with Gasteiger partial charge in [-0.15, -0.1) is 11.3 Å². The fraction of sp³-hybridized carbons (Fsp3) is 0.393. The summed E-state index contributed by atoms with van der Waals surface area (Å²) in [6.45, 7) is 9.27. The molecule has 3 rings (SSSR count). The van der Waals surface area contributed by atoms with Gasteiger partial charge in [0.2, 0.25) is 0 Å². The van der Waals surface area contributed by atoms with Crippen molar-refractivity contribution in [3.8, 4) is 11.1 Å². The maximum Gasteiger partial charge on any atom is 0.326 e. The Hall–Kier alpha value is -2.68. The van der Waals surface area contributed by atoms with E-state index in [4.69, 9.17) is 4.74 Å². The lowest BCUT2D eigenvalue weighted by Gasteiger charge is -2.17.